The molecule has 1 heterocycles. The van der Waals surface area contributed by atoms with Crippen molar-refractivity contribution in [1.29, 1.82) is 0 Å². The van der Waals surface area contributed by atoms with E-state index in [2.05, 4.69) is 10.5 Å². The summed E-state index contributed by atoms with van der Waals surface area (Å²) in [5.74, 6) is -1.15. The molecule has 90 valence electrons. The number of carbonyl (C=O) groups is 2. The third-order valence-electron chi connectivity index (χ3n) is 2.58. The van der Waals surface area contributed by atoms with Crippen LogP contribution in [-0.4, -0.2) is 34.8 Å². The van der Waals surface area contributed by atoms with Gasteiger partial charge in [-0.15, -0.1) is 0 Å². The number of nitrogens with one attached hydrogen (secondary N) is 1. The first-order valence-electron chi connectivity index (χ1n) is 5.18. The zero-order valence-electron chi connectivity index (χ0n) is 9.56. The Hall–Kier alpha value is -1.59. The molecule has 0 aliphatic carbocycles. The summed E-state index contributed by atoms with van der Waals surface area (Å²) in [6.45, 7) is 5.86. The molecular weight excluding hydrogens is 212 g/mol. The Labute approximate surface area is 93.6 Å². The first-order chi connectivity index (χ1) is 7.41. The van der Waals surface area contributed by atoms with Gasteiger partial charge in [0.25, 0.3) is 5.91 Å². The van der Waals surface area contributed by atoms with Crippen molar-refractivity contribution in [2.75, 3.05) is 0 Å². The van der Waals surface area contributed by atoms with Crippen LogP contribution in [0.1, 0.15) is 27.2 Å². The fraction of sp³-hybridized carbons (Fsp3) is 0.700. The monoisotopic (exact) mass is 228 g/mol. The fourth-order valence-corrected chi connectivity index (χ4v) is 1.13. The average Bonchev–Trinajstić information content (AvgIpc) is 2.65. The Morgan fingerprint density at radius 1 is 1.50 bits per heavy atom. The lowest BCUT2D eigenvalue weighted by Gasteiger charge is -2.18. The number of rotatable bonds is 4. The largest absolute Gasteiger partial charge is 0.477 e. The number of oxime groups is 1. The number of aliphatic carboxylic acids is 1. The van der Waals surface area contributed by atoms with Crippen LogP contribution in [0.4, 0.5) is 0 Å². The summed E-state index contributed by atoms with van der Waals surface area (Å²) in [4.78, 5) is 26.9. The highest BCUT2D eigenvalue weighted by molar-refractivity contribution is 6.36. The molecule has 1 amide bonds. The van der Waals surface area contributed by atoms with Crippen LogP contribution in [-0.2, 0) is 14.4 Å². The molecule has 16 heavy (non-hydrogen) atoms. The molecule has 0 aromatic rings. The highest BCUT2D eigenvalue weighted by atomic mass is 16.6. The zero-order chi connectivity index (χ0) is 12.3. The Morgan fingerprint density at radius 3 is 2.56 bits per heavy atom. The van der Waals surface area contributed by atoms with Crippen molar-refractivity contribution in [3.8, 4) is 0 Å². The van der Waals surface area contributed by atoms with Crippen LogP contribution in [0.3, 0.4) is 0 Å². The van der Waals surface area contributed by atoms with Gasteiger partial charge >= 0.3 is 5.97 Å². The fourth-order valence-electron chi connectivity index (χ4n) is 1.13. The van der Waals surface area contributed by atoms with E-state index in [1.807, 2.05) is 20.8 Å². The van der Waals surface area contributed by atoms with Crippen molar-refractivity contribution in [1.82, 2.24) is 5.32 Å². The minimum absolute atomic E-state index is 0.0185. The molecular formula is C10H16N2O4. The third-order valence-corrected chi connectivity index (χ3v) is 2.58. The topological polar surface area (TPSA) is 88.0 Å². The normalized spacial score (nSPS) is 21.2. The maximum Gasteiger partial charge on any atom is 0.353 e. The van der Waals surface area contributed by atoms with Gasteiger partial charge in [-0.25, -0.2) is 4.79 Å². The van der Waals surface area contributed by atoms with E-state index in [-0.39, 0.29) is 24.1 Å². The Balaban J connectivity index is 2.45. The van der Waals surface area contributed by atoms with Crippen molar-refractivity contribution in [2.24, 2.45) is 11.1 Å². The SMILES string of the molecule is CC(C)C(C)NC(=O)C1CC(C(=O)O)=NO1. The lowest BCUT2D eigenvalue weighted by Crippen LogP contribution is -2.42. The Bertz CT molecular complexity index is 325. The van der Waals surface area contributed by atoms with Crippen molar-refractivity contribution in [3.05, 3.63) is 0 Å². The van der Waals surface area contributed by atoms with Crippen LogP contribution in [0.2, 0.25) is 0 Å². The van der Waals surface area contributed by atoms with Crippen LogP contribution < -0.4 is 5.32 Å². The van der Waals surface area contributed by atoms with Gasteiger partial charge in [0, 0.05) is 12.5 Å². The third kappa shape index (κ3) is 2.95. The van der Waals surface area contributed by atoms with Crippen LogP contribution >= 0.6 is 0 Å². The number of carboxylic acids is 1. The molecule has 6 heteroatoms. The highest BCUT2D eigenvalue weighted by Gasteiger charge is 2.32. The molecule has 1 aliphatic rings. The lowest BCUT2D eigenvalue weighted by atomic mass is 10.1. The van der Waals surface area contributed by atoms with Gasteiger partial charge < -0.3 is 15.3 Å². The molecule has 6 nitrogen and oxygen atoms in total. The summed E-state index contributed by atoms with van der Waals surface area (Å²) < 4.78 is 0. The van der Waals surface area contributed by atoms with Crippen molar-refractivity contribution < 1.29 is 19.5 Å². The molecule has 0 radical (unpaired) electrons. The first-order valence-corrected chi connectivity index (χ1v) is 5.18. The molecule has 1 aliphatic heterocycles. The van der Waals surface area contributed by atoms with Gasteiger partial charge in [0.1, 0.15) is 0 Å². The van der Waals surface area contributed by atoms with E-state index >= 15 is 0 Å². The van der Waals surface area contributed by atoms with Gasteiger partial charge in [-0.05, 0) is 12.8 Å². The molecule has 0 spiro atoms. The van der Waals surface area contributed by atoms with E-state index in [4.69, 9.17) is 9.94 Å². The summed E-state index contributed by atoms with van der Waals surface area (Å²) in [6, 6.07) is 0.0185. The van der Waals surface area contributed by atoms with Gasteiger partial charge in [-0.2, -0.15) is 0 Å². The lowest BCUT2D eigenvalue weighted by molar-refractivity contribution is -0.132. The number of carbonyl (C=O) groups excluding carboxylic acids is 1. The minimum atomic E-state index is -1.15. The number of amides is 1. The second-order valence-electron chi connectivity index (χ2n) is 4.18. The quantitative estimate of drug-likeness (QED) is 0.728. The highest BCUT2D eigenvalue weighted by Crippen LogP contribution is 2.11. The van der Waals surface area contributed by atoms with E-state index in [0.29, 0.717) is 5.92 Å². The molecule has 0 aromatic carbocycles. The van der Waals surface area contributed by atoms with E-state index in [1.54, 1.807) is 0 Å². The second kappa shape index (κ2) is 4.96. The summed E-state index contributed by atoms with van der Waals surface area (Å²) in [5.41, 5.74) is -0.114. The summed E-state index contributed by atoms with van der Waals surface area (Å²) in [5, 5.41) is 14.7. The van der Waals surface area contributed by atoms with Crippen LogP contribution in [0.15, 0.2) is 5.16 Å². The molecule has 0 saturated heterocycles. The molecule has 2 atom stereocenters. The molecule has 0 aromatic heterocycles. The van der Waals surface area contributed by atoms with Crippen molar-refractivity contribution in [3.63, 3.8) is 0 Å². The predicted octanol–water partition coefficient (Wildman–Crippen LogP) is 0.377. The smallest absolute Gasteiger partial charge is 0.353 e. The number of hydrogen-bond donors (Lipinski definition) is 2. The number of carboxylic acid groups (broad SMARTS) is 1. The van der Waals surface area contributed by atoms with Crippen molar-refractivity contribution in [2.45, 2.75) is 39.3 Å². The number of hydrogen-bond acceptors (Lipinski definition) is 4. The predicted molar refractivity (Wildman–Crippen MR) is 57.0 cm³/mol. The summed E-state index contributed by atoms with van der Waals surface area (Å²) in [7, 11) is 0. The van der Waals surface area contributed by atoms with E-state index in [0.717, 1.165) is 0 Å². The first kappa shape index (κ1) is 12.5. The van der Waals surface area contributed by atoms with Crippen LogP contribution in [0.25, 0.3) is 0 Å². The van der Waals surface area contributed by atoms with Gasteiger partial charge in [-0.1, -0.05) is 19.0 Å². The maximum atomic E-state index is 11.6. The van der Waals surface area contributed by atoms with Gasteiger partial charge in [0.2, 0.25) is 6.10 Å². The second-order valence-corrected chi connectivity index (χ2v) is 4.18. The van der Waals surface area contributed by atoms with Gasteiger partial charge in [0.15, 0.2) is 5.71 Å². The molecule has 1 rings (SSSR count). The summed E-state index contributed by atoms with van der Waals surface area (Å²) in [6.07, 6.45) is -0.793. The Kier molecular flexibility index (Phi) is 3.87. The summed E-state index contributed by atoms with van der Waals surface area (Å²) >= 11 is 0. The number of nitrogens with zero attached hydrogens (tertiary/aromatic N) is 1. The zero-order valence-corrected chi connectivity index (χ0v) is 9.56. The van der Waals surface area contributed by atoms with Crippen molar-refractivity contribution >= 4 is 17.6 Å². The van der Waals surface area contributed by atoms with E-state index < -0.39 is 12.1 Å². The Morgan fingerprint density at radius 2 is 2.12 bits per heavy atom. The van der Waals surface area contributed by atoms with Crippen LogP contribution in [0, 0.1) is 5.92 Å². The minimum Gasteiger partial charge on any atom is -0.477 e. The molecule has 0 fully saturated rings. The van der Waals surface area contributed by atoms with Crippen LogP contribution in [0.5, 0.6) is 0 Å². The van der Waals surface area contributed by atoms with Gasteiger partial charge in [0.05, 0.1) is 0 Å². The van der Waals surface area contributed by atoms with E-state index in [1.165, 1.54) is 0 Å². The molecule has 2 N–H and O–H groups in total. The molecule has 2 unspecified atom stereocenters. The maximum absolute atomic E-state index is 11.6. The molecule has 0 saturated carbocycles. The van der Waals surface area contributed by atoms with E-state index in [9.17, 15) is 9.59 Å². The average molecular weight is 228 g/mol. The molecule has 0 bridgehead atoms. The standard InChI is InChI=1S/C10H16N2O4/c1-5(2)6(3)11-9(13)8-4-7(10(14)15)12-16-8/h5-6,8H,4H2,1-3H3,(H,11,13)(H,14,15). The van der Waals surface area contributed by atoms with Gasteiger partial charge in [-0.3, -0.25) is 4.79 Å².